The van der Waals surface area contributed by atoms with Crippen LogP contribution in [-0.2, 0) is 14.3 Å². The summed E-state index contributed by atoms with van der Waals surface area (Å²) in [6.45, 7) is 5.18. The molecule has 0 fully saturated rings. The van der Waals surface area contributed by atoms with E-state index in [-0.39, 0.29) is 51.2 Å². The predicted molar refractivity (Wildman–Crippen MR) is 138 cm³/mol. The Morgan fingerprint density at radius 2 is 1.92 bits per heavy atom. The third-order valence-electron chi connectivity index (χ3n) is 5.40. The van der Waals surface area contributed by atoms with Crippen molar-refractivity contribution in [1.29, 1.82) is 0 Å². The number of rotatable bonds is 8. The standard InChI is InChI=1S/C27H24Cl2N2O5/c1-4-13-35-27(34)20-11-7-6-10-19(20)26(33)31(25(32)18-9-8-12-30-16-18)23-15-24(36-17(3)5-2)22(29)14-21(23)28/h2,4,8-9,12,14-17H,1,6-7,10-11,13H2,3H3. The van der Waals surface area contributed by atoms with Gasteiger partial charge in [-0.25, -0.2) is 9.69 Å². The highest BCUT2D eigenvalue weighted by molar-refractivity contribution is 6.39. The maximum atomic E-state index is 14.0. The van der Waals surface area contributed by atoms with Crippen molar-refractivity contribution in [3.05, 3.63) is 76.1 Å². The van der Waals surface area contributed by atoms with E-state index in [9.17, 15) is 14.4 Å². The molecule has 3 rings (SSSR count). The largest absolute Gasteiger partial charge is 0.476 e. The van der Waals surface area contributed by atoms with E-state index in [1.165, 1.54) is 36.7 Å². The smallest absolute Gasteiger partial charge is 0.334 e. The molecule has 36 heavy (non-hydrogen) atoms. The molecule has 0 aliphatic heterocycles. The predicted octanol–water partition coefficient (Wildman–Crippen LogP) is 5.56. The summed E-state index contributed by atoms with van der Waals surface area (Å²) in [7, 11) is 0. The Kier molecular flexibility index (Phi) is 9.29. The monoisotopic (exact) mass is 526 g/mol. The molecule has 1 aromatic heterocycles. The molecular formula is C27H24Cl2N2O5. The Balaban J connectivity index is 2.17. The summed E-state index contributed by atoms with van der Waals surface area (Å²) in [5, 5.41) is 0.177. The van der Waals surface area contributed by atoms with Crippen LogP contribution in [0.1, 0.15) is 43.0 Å². The number of aromatic nitrogens is 1. The van der Waals surface area contributed by atoms with Gasteiger partial charge in [0.2, 0.25) is 0 Å². The first-order valence-corrected chi connectivity index (χ1v) is 11.9. The second-order valence-corrected chi connectivity index (χ2v) is 8.71. The van der Waals surface area contributed by atoms with Crippen LogP contribution in [0.15, 0.2) is 60.5 Å². The van der Waals surface area contributed by atoms with Gasteiger partial charge >= 0.3 is 5.97 Å². The fourth-order valence-corrected chi connectivity index (χ4v) is 4.17. The summed E-state index contributed by atoms with van der Waals surface area (Å²) >= 11 is 12.8. The van der Waals surface area contributed by atoms with E-state index in [2.05, 4.69) is 17.5 Å². The van der Waals surface area contributed by atoms with Gasteiger partial charge in [-0.05, 0) is 50.8 Å². The molecule has 0 spiro atoms. The van der Waals surface area contributed by atoms with Gasteiger partial charge in [0.15, 0.2) is 6.10 Å². The number of amides is 2. The number of nitrogens with zero attached hydrogens (tertiary/aromatic N) is 2. The van der Waals surface area contributed by atoms with E-state index in [0.717, 1.165) is 4.90 Å². The molecule has 1 aromatic carbocycles. The van der Waals surface area contributed by atoms with Crippen molar-refractivity contribution in [3.63, 3.8) is 0 Å². The van der Waals surface area contributed by atoms with E-state index < -0.39 is 23.9 Å². The van der Waals surface area contributed by atoms with Crippen molar-refractivity contribution in [2.45, 2.75) is 38.7 Å². The van der Waals surface area contributed by atoms with E-state index >= 15 is 0 Å². The fourth-order valence-electron chi connectivity index (χ4n) is 3.66. The van der Waals surface area contributed by atoms with Gasteiger partial charge in [0, 0.05) is 29.6 Å². The lowest BCUT2D eigenvalue weighted by Crippen LogP contribution is -2.39. The van der Waals surface area contributed by atoms with Crippen LogP contribution >= 0.6 is 23.2 Å². The summed E-state index contributed by atoms with van der Waals surface area (Å²) in [4.78, 5) is 45.2. The zero-order valence-electron chi connectivity index (χ0n) is 19.6. The summed E-state index contributed by atoms with van der Waals surface area (Å²) in [5.74, 6) is 0.553. The topological polar surface area (TPSA) is 85.8 Å². The number of imide groups is 1. The van der Waals surface area contributed by atoms with E-state index in [0.29, 0.717) is 19.3 Å². The Morgan fingerprint density at radius 3 is 2.56 bits per heavy atom. The third kappa shape index (κ3) is 6.14. The number of anilines is 1. The van der Waals surface area contributed by atoms with Crippen molar-refractivity contribution in [3.8, 4) is 18.1 Å². The molecule has 0 radical (unpaired) electrons. The zero-order valence-corrected chi connectivity index (χ0v) is 21.1. The normalized spacial score (nSPS) is 13.8. The third-order valence-corrected chi connectivity index (χ3v) is 6.00. The van der Waals surface area contributed by atoms with Crippen LogP contribution < -0.4 is 9.64 Å². The fraction of sp³-hybridized carbons (Fsp3) is 0.259. The first-order chi connectivity index (χ1) is 17.3. The molecule has 1 aliphatic carbocycles. The number of terminal acetylenes is 1. The molecule has 186 valence electrons. The minimum absolute atomic E-state index is 0.000786. The maximum absolute atomic E-state index is 14.0. The number of carbonyl (C=O) groups is 3. The highest BCUT2D eigenvalue weighted by Gasteiger charge is 2.34. The molecule has 1 heterocycles. The number of carbonyl (C=O) groups excluding carboxylic acids is 3. The van der Waals surface area contributed by atoms with E-state index in [1.807, 2.05) is 0 Å². The summed E-state index contributed by atoms with van der Waals surface area (Å²) in [6, 6.07) is 5.83. The molecule has 0 N–H and O–H groups in total. The second-order valence-electron chi connectivity index (χ2n) is 7.90. The Morgan fingerprint density at radius 1 is 1.19 bits per heavy atom. The number of hydrogen-bond acceptors (Lipinski definition) is 6. The summed E-state index contributed by atoms with van der Waals surface area (Å²) in [5.41, 5.74) is 0.567. The van der Waals surface area contributed by atoms with Crippen LogP contribution in [0.5, 0.6) is 5.75 Å². The van der Waals surface area contributed by atoms with Crippen molar-refractivity contribution in [1.82, 2.24) is 4.98 Å². The lowest BCUT2D eigenvalue weighted by atomic mass is 9.90. The molecule has 0 saturated heterocycles. The summed E-state index contributed by atoms with van der Waals surface area (Å²) < 4.78 is 10.9. The van der Waals surface area contributed by atoms with Crippen molar-refractivity contribution >= 4 is 46.7 Å². The van der Waals surface area contributed by atoms with Gasteiger partial charge in [0.25, 0.3) is 11.8 Å². The number of halogens is 2. The molecule has 0 saturated carbocycles. The van der Waals surface area contributed by atoms with Gasteiger partial charge in [0.1, 0.15) is 12.4 Å². The Labute approximate surface area is 219 Å². The molecular weight excluding hydrogens is 503 g/mol. The quantitative estimate of drug-likeness (QED) is 0.193. The molecule has 9 heteroatoms. The lowest BCUT2D eigenvalue weighted by Gasteiger charge is -2.27. The molecule has 1 aliphatic rings. The first-order valence-electron chi connectivity index (χ1n) is 11.2. The van der Waals surface area contributed by atoms with Crippen LogP contribution in [0.3, 0.4) is 0 Å². The number of hydrogen-bond donors (Lipinski definition) is 0. The van der Waals surface area contributed by atoms with Crippen LogP contribution in [0.2, 0.25) is 10.0 Å². The second kappa shape index (κ2) is 12.4. The van der Waals surface area contributed by atoms with Crippen molar-refractivity contribution in [2.75, 3.05) is 11.5 Å². The maximum Gasteiger partial charge on any atom is 0.334 e. The van der Waals surface area contributed by atoms with Gasteiger partial charge in [-0.1, -0.05) is 41.8 Å². The first kappa shape index (κ1) is 27.0. The molecule has 7 nitrogen and oxygen atoms in total. The Bertz CT molecular complexity index is 1250. The lowest BCUT2D eigenvalue weighted by molar-refractivity contribution is -0.138. The molecule has 1 unspecified atom stereocenters. The van der Waals surface area contributed by atoms with Gasteiger partial charge in [-0.2, -0.15) is 0 Å². The highest BCUT2D eigenvalue weighted by Crippen LogP contribution is 2.39. The number of pyridine rings is 1. The van der Waals surface area contributed by atoms with Gasteiger partial charge in [0.05, 0.1) is 21.3 Å². The highest BCUT2D eigenvalue weighted by atomic mass is 35.5. The van der Waals surface area contributed by atoms with Gasteiger partial charge in [-0.3, -0.25) is 14.6 Å². The van der Waals surface area contributed by atoms with E-state index in [1.54, 1.807) is 13.0 Å². The number of esters is 1. The van der Waals surface area contributed by atoms with Crippen molar-refractivity contribution in [2.24, 2.45) is 0 Å². The van der Waals surface area contributed by atoms with Crippen LogP contribution in [0.25, 0.3) is 0 Å². The summed E-state index contributed by atoms with van der Waals surface area (Å²) in [6.07, 6.45) is 11.1. The van der Waals surface area contributed by atoms with Crippen LogP contribution in [0.4, 0.5) is 5.69 Å². The van der Waals surface area contributed by atoms with Gasteiger partial charge < -0.3 is 9.47 Å². The van der Waals surface area contributed by atoms with Crippen LogP contribution in [-0.4, -0.2) is 35.5 Å². The molecule has 0 bridgehead atoms. The zero-order chi connectivity index (χ0) is 26.2. The van der Waals surface area contributed by atoms with Crippen LogP contribution in [0, 0.1) is 12.3 Å². The number of ether oxygens (including phenoxy) is 2. The minimum Gasteiger partial charge on any atom is -0.476 e. The average Bonchev–Trinajstić information content (AvgIpc) is 2.90. The van der Waals surface area contributed by atoms with Crippen molar-refractivity contribution < 1.29 is 23.9 Å². The molecule has 2 aromatic rings. The minimum atomic E-state index is -0.700. The SMILES string of the molecule is C#CC(C)Oc1cc(N(C(=O)C2=C(C(=O)OCC=C)CCCC2)C(=O)c2cccnc2)c(Cl)cc1Cl. The molecule has 1 atom stereocenters. The average molecular weight is 527 g/mol. The van der Waals surface area contributed by atoms with Gasteiger partial charge in [-0.15, -0.1) is 6.42 Å². The Hall–Kier alpha value is -3.60. The number of benzene rings is 1. The molecule has 2 amide bonds. The van der Waals surface area contributed by atoms with E-state index in [4.69, 9.17) is 39.1 Å².